The summed E-state index contributed by atoms with van der Waals surface area (Å²) in [5.74, 6) is 0.933. The van der Waals surface area contributed by atoms with Gasteiger partial charge in [0.1, 0.15) is 0 Å². The van der Waals surface area contributed by atoms with Crippen LogP contribution in [0.15, 0.2) is 42.5 Å². The van der Waals surface area contributed by atoms with Gasteiger partial charge in [0.15, 0.2) is 11.5 Å². The van der Waals surface area contributed by atoms with E-state index in [0.717, 1.165) is 5.56 Å². The van der Waals surface area contributed by atoms with Gasteiger partial charge in [0.25, 0.3) is 0 Å². The van der Waals surface area contributed by atoms with Crippen molar-refractivity contribution in [2.45, 2.75) is 18.9 Å². The number of amides is 1. The van der Waals surface area contributed by atoms with Gasteiger partial charge >= 0.3 is 6.61 Å². The van der Waals surface area contributed by atoms with Crippen molar-refractivity contribution in [1.29, 1.82) is 0 Å². The van der Waals surface area contributed by atoms with Crippen molar-refractivity contribution in [2.75, 3.05) is 12.9 Å². The molecule has 2 aromatic carbocycles. The summed E-state index contributed by atoms with van der Waals surface area (Å²) in [6.45, 7) is -2.67. The largest absolute Gasteiger partial charge is 0.493 e. The zero-order valence-electron chi connectivity index (χ0n) is 14.0. The van der Waals surface area contributed by atoms with Crippen molar-refractivity contribution in [3.8, 4) is 11.5 Å². The maximum Gasteiger partial charge on any atom is 0.387 e. The SMILES string of the molecule is COc1cc(CNC(=O)CSCc2ccccc2Cl)ccc1OC(F)F. The first-order chi connectivity index (χ1) is 12.5. The van der Waals surface area contributed by atoms with E-state index in [4.69, 9.17) is 16.3 Å². The normalized spacial score (nSPS) is 10.7. The smallest absolute Gasteiger partial charge is 0.387 e. The Balaban J connectivity index is 1.80. The summed E-state index contributed by atoms with van der Waals surface area (Å²) in [5, 5.41) is 3.45. The Kier molecular flexibility index (Phi) is 8.00. The molecule has 0 saturated carbocycles. The van der Waals surface area contributed by atoms with E-state index in [1.54, 1.807) is 12.1 Å². The second-order valence-corrected chi connectivity index (χ2v) is 6.62. The fraction of sp³-hybridized carbons (Fsp3) is 0.278. The fourth-order valence-corrected chi connectivity index (χ4v) is 3.28. The van der Waals surface area contributed by atoms with E-state index in [0.29, 0.717) is 16.3 Å². The van der Waals surface area contributed by atoms with Crippen molar-refractivity contribution in [3.05, 3.63) is 58.6 Å². The number of halogens is 3. The van der Waals surface area contributed by atoms with Gasteiger partial charge in [-0.15, -0.1) is 11.8 Å². The number of hydrogen-bond donors (Lipinski definition) is 1. The van der Waals surface area contributed by atoms with Gasteiger partial charge < -0.3 is 14.8 Å². The molecule has 0 aliphatic rings. The summed E-state index contributed by atoms with van der Waals surface area (Å²) >= 11 is 7.53. The van der Waals surface area contributed by atoms with Crippen LogP contribution in [0.2, 0.25) is 5.02 Å². The van der Waals surface area contributed by atoms with E-state index in [-0.39, 0.29) is 29.7 Å². The molecule has 0 spiro atoms. The first-order valence-corrected chi connectivity index (χ1v) is 9.22. The van der Waals surface area contributed by atoms with Crippen LogP contribution < -0.4 is 14.8 Å². The molecule has 26 heavy (non-hydrogen) atoms. The average molecular weight is 402 g/mol. The molecular weight excluding hydrogens is 384 g/mol. The number of methoxy groups -OCH3 is 1. The molecule has 0 heterocycles. The Hall–Kier alpha value is -1.99. The average Bonchev–Trinajstić information content (AvgIpc) is 2.62. The van der Waals surface area contributed by atoms with Crippen molar-refractivity contribution >= 4 is 29.3 Å². The van der Waals surface area contributed by atoms with Crippen LogP contribution in [-0.2, 0) is 17.1 Å². The number of rotatable bonds is 9. The van der Waals surface area contributed by atoms with Gasteiger partial charge in [-0.25, -0.2) is 0 Å². The van der Waals surface area contributed by atoms with Crippen LogP contribution >= 0.6 is 23.4 Å². The number of nitrogens with one attached hydrogen (secondary N) is 1. The fourth-order valence-electron chi connectivity index (χ4n) is 2.14. The van der Waals surface area contributed by atoms with E-state index in [1.807, 2.05) is 24.3 Å². The Morgan fingerprint density at radius 2 is 2.00 bits per heavy atom. The first-order valence-electron chi connectivity index (χ1n) is 7.69. The number of carbonyl (C=O) groups excluding carboxylic acids is 1. The molecule has 140 valence electrons. The van der Waals surface area contributed by atoms with E-state index in [9.17, 15) is 13.6 Å². The third-order valence-corrected chi connectivity index (χ3v) is 4.73. The highest BCUT2D eigenvalue weighted by molar-refractivity contribution is 7.99. The lowest BCUT2D eigenvalue weighted by Gasteiger charge is -2.12. The highest BCUT2D eigenvalue weighted by atomic mass is 35.5. The quantitative estimate of drug-likeness (QED) is 0.672. The summed E-state index contributed by atoms with van der Waals surface area (Å²) in [6, 6.07) is 12.0. The van der Waals surface area contributed by atoms with Gasteiger partial charge in [0.2, 0.25) is 5.91 Å². The number of thioether (sulfide) groups is 1. The van der Waals surface area contributed by atoms with Crippen molar-refractivity contribution < 1.29 is 23.0 Å². The molecule has 0 aliphatic heterocycles. The predicted octanol–water partition coefficient (Wildman–Crippen LogP) is 4.50. The standard InChI is InChI=1S/C18H18ClF2NO3S/c1-24-16-8-12(6-7-15(16)25-18(20)21)9-22-17(23)11-26-10-13-4-2-3-5-14(13)19/h2-8,18H,9-11H2,1H3,(H,22,23). The van der Waals surface area contributed by atoms with Crippen LogP contribution in [0.1, 0.15) is 11.1 Å². The molecule has 0 fully saturated rings. The number of hydrogen-bond acceptors (Lipinski definition) is 4. The molecule has 0 saturated heterocycles. The van der Waals surface area contributed by atoms with Gasteiger partial charge in [-0.2, -0.15) is 8.78 Å². The molecule has 2 rings (SSSR count). The molecule has 0 bridgehead atoms. The molecule has 0 aliphatic carbocycles. The Bertz CT molecular complexity index is 746. The Morgan fingerprint density at radius 1 is 1.23 bits per heavy atom. The summed E-state index contributed by atoms with van der Waals surface area (Å²) in [6.07, 6.45) is 0. The van der Waals surface area contributed by atoms with E-state index in [2.05, 4.69) is 10.1 Å². The topological polar surface area (TPSA) is 47.6 Å². The molecule has 4 nitrogen and oxygen atoms in total. The molecular formula is C18H18ClF2NO3S. The third-order valence-electron chi connectivity index (χ3n) is 3.38. The lowest BCUT2D eigenvalue weighted by molar-refractivity contribution is -0.118. The number of alkyl halides is 2. The Labute approximate surface area is 159 Å². The van der Waals surface area contributed by atoms with Gasteiger partial charge in [-0.3, -0.25) is 4.79 Å². The predicted molar refractivity (Wildman–Crippen MR) is 99.1 cm³/mol. The van der Waals surface area contributed by atoms with Gasteiger partial charge in [-0.05, 0) is 29.3 Å². The van der Waals surface area contributed by atoms with Crippen LogP contribution in [0.25, 0.3) is 0 Å². The van der Waals surface area contributed by atoms with Crippen LogP contribution in [0.5, 0.6) is 11.5 Å². The Morgan fingerprint density at radius 3 is 2.69 bits per heavy atom. The zero-order chi connectivity index (χ0) is 18.9. The minimum Gasteiger partial charge on any atom is -0.493 e. The molecule has 0 radical (unpaired) electrons. The monoisotopic (exact) mass is 401 g/mol. The lowest BCUT2D eigenvalue weighted by atomic mass is 10.2. The molecule has 1 amide bonds. The van der Waals surface area contributed by atoms with Crippen molar-refractivity contribution in [1.82, 2.24) is 5.32 Å². The molecule has 0 atom stereocenters. The summed E-state index contributed by atoms with van der Waals surface area (Å²) < 4.78 is 34.0. The van der Waals surface area contributed by atoms with E-state index < -0.39 is 6.61 Å². The zero-order valence-corrected chi connectivity index (χ0v) is 15.6. The maximum atomic E-state index is 12.3. The lowest BCUT2D eigenvalue weighted by Crippen LogP contribution is -2.24. The first kappa shape index (κ1) is 20.3. The number of carbonyl (C=O) groups is 1. The van der Waals surface area contributed by atoms with Crippen LogP contribution in [0.4, 0.5) is 8.78 Å². The highest BCUT2D eigenvalue weighted by Gasteiger charge is 2.11. The van der Waals surface area contributed by atoms with Crippen molar-refractivity contribution in [3.63, 3.8) is 0 Å². The summed E-state index contributed by atoms with van der Waals surface area (Å²) in [5.41, 5.74) is 1.69. The molecule has 0 aromatic heterocycles. The van der Waals surface area contributed by atoms with Gasteiger partial charge in [0, 0.05) is 17.3 Å². The number of benzene rings is 2. The molecule has 1 N–H and O–H groups in total. The van der Waals surface area contributed by atoms with E-state index >= 15 is 0 Å². The van der Waals surface area contributed by atoms with Gasteiger partial charge in [-0.1, -0.05) is 35.9 Å². The van der Waals surface area contributed by atoms with Crippen LogP contribution in [0, 0.1) is 0 Å². The third kappa shape index (κ3) is 6.38. The summed E-state index contributed by atoms with van der Waals surface area (Å²) in [4.78, 5) is 11.9. The molecule has 8 heteroatoms. The maximum absolute atomic E-state index is 12.3. The van der Waals surface area contributed by atoms with Crippen LogP contribution in [-0.4, -0.2) is 25.4 Å². The molecule has 2 aromatic rings. The number of ether oxygens (including phenoxy) is 2. The van der Waals surface area contributed by atoms with Crippen molar-refractivity contribution in [2.24, 2.45) is 0 Å². The van der Waals surface area contributed by atoms with Gasteiger partial charge in [0.05, 0.1) is 12.9 Å². The minimum absolute atomic E-state index is 0.0483. The second kappa shape index (κ2) is 10.2. The summed E-state index contributed by atoms with van der Waals surface area (Å²) in [7, 11) is 1.36. The second-order valence-electron chi connectivity index (χ2n) is 5.22. The molecule has 0 unspecified atom stereocenters. The highest BCUT2D eigenvalue weighted by Crippen LogP contribution is 2.29. The van der Waals surface area contributed by atoms with E-state index in [1.165, 1.54) is 24.9 Å². The minimum atomic E-state index is -2.93. The van der Waals surface area contributed by atoms with Crippen LogP contribution in [0.3, 0.4) is 0 Å².